The van der Waals surface area contributed by atoms with Crippen molar-refractivity contribution in [1.82, 2.24) is 15.4 Å². The molecule has 1 fully saturated rings. The van der Waals surface area contributed by atoms with Crippen LogP contribution in [0.5, 0.6) is 0 Å². The summed E-state index contributed by atoms with van der Waals surface area (Å²) in [6, 6.07) is -1.22. The van der Waals surface area contributed by atoms with Gasteiger partial charge in [-0.05, 0) is 13.8 Å². The Balaban J connectivity index is 2.21. The highest BCUT2D eigenvalue weighted by Crippen LogP contribution is 2.32. The van der Waals surface area contributed by atoms with Crippen molar-refractivity contribution in [3.05, 3.63) is 11.1 Å². The molecule has 1 saturated heterocycles. The number of carbonyl (C=O) groups excluding carboxylic acids is 3. The fourth-order valence-corrected chi connectivity index (χ4v) is 3.13. The Kier molecular flexibility index (Phi) is 5.50. The molecule has 1 aromatic heterocycles. The number of nitrogens with zero attached hydrogens (tertiary/aromatic N) is 3. The maximum Gasteiger partial charge on any atom is 0.418 e. The summed E-state index contributed by atoms with van der Waals surface area (Å²) in [6.07, 6.45) is 0. The van der Waals surface area contributed by atoms with Crippen LogP contribution in [0.25, 0.3) is 0 Å². The first kappa shape index (κ1) is 20.7. The van der Waals surface area contributed by atoms with Crippen molar-refractivity contribution in [2.75, 3.05) is 5.73 Å². The molecule has 1 atom stereocenters. The molecule has 13 nitrogen and oxygen atoms in total. The van der Waals surface area contributed by atoms with Gasteiger partial charge in [0.1, 0.15) is 11.7 Å². The number of hydroxylamine groups is 2. The second-order valence-corrected chi connectivity index (χ2v) is 7.68. The lowest BCUT2D eigenvalue weighted by atomic mass is 9.84. The van der Waals surface area contributed by atoms with E-state index in [2.05, 4.69) is 24.6 Å². The highest BCUT2D eigenvalue weighted by molar-refractivity contribution is 7.80. The molecule has 2 rings (SSSR count). The van der Waals surface area contributed by atoms with Crippen molar-refractivity contribution in [2.24, 2.45) is 5.16 Å². The van der Waals surface area contributed by atoms with Crippen LogP contribution in [-0.4, -0.2) is 58.1 Å². The number of aromatic nitrogens is 1. The zero-order chi connectivity index (χ0) is 20.6. The number of nitrogen functional groups attached to an aromatic ring is 1. The van der Waals surface area contributed by atoms with Crippen LogP contribution in [0.1, 0.15) is 26.5 Å². The summed E-state index contributed by atoms with van der Waals surface area (Å²) in [5, 5.41) is 7.65. The van der Waals surface area contributed by atoms with E-state index in [9.17, 15) is 22.8 Å². The number of hydrogen-bond acceptors (Lipinski definition) is 11. The quantitative estimate of drug-likeness (QED) is 0.166. The van der Waals surface area contributed by atoms with Gasteiger partial charge < -0.3 is 15.9 Å². The zero-order valence-electron chi connectivity index (χ0n) is 14.2. The number of β-lactam (4-membered cyclic amide) rings is 1. The molecule has 1 aromatic rings. The molecule has 15 heteroatoms. The second-order valence-electron chi connectivity index (χ2n) is 5.79. The lowest BCUT2D eigenvalue weighted by Gasteiger charge is -2.50. The molecule has 4 N–H and O–H groups in total. The highest BCUT2D eigenvalue weighted by Gasteiger charge is 2.58. The van der Waals surface area contributed by atoms with E-state index < -0.39 is 45.5 Å². The lowest BCUT2D eigenvalue weighted by molar-refractivity contribution is -0.218. The van der Waals surface area contributed by atoms with Gasteiger partial charge in [-0.15, -0.1) is 15.6 Å². The van der Waals surface area contributed by atoms with Crippen molar-refractivity contribution < 1.29 is 36.5 Å². The van der Waals surface area contributed by atoms with Crippen LogP contribution in [0.4, 0.5) is 5.13 Å². The maximum absolute atomic E-state index is 12.5. The maximum atomic E-state index is 12.5. The molecule has 0 bridgehead atoms. The molecule has 0 aliphatic carbocycles. The third-order valence-corrected chi connectivity index (χ3v) is 4.38. The van der Waals surface area contributed by atoms with Crippen LogP contribution < -0.4 is 11.1 Å². The summed E-state index contributed by atoms with van der Waals surface area (Å²) < 4.78 is 34.5. The van der Waals surface area contributed by atoms with Crippen molar-refractivity contribution in [1.29, 1.82) is 0 Å². The van der Waals surface area contributed by atoms with Gasteiger partial charge in [-0.3, -0.25) is 14.1 Å². The van der Waals surface area contributed by atoms with Gasteiger partial charge in [-0.2, -0.15) is 13.5 Å². The number of hydrogen-bond donors (Lipinski definition) is 3. The molecule has 0 saturated carbocycles. The topological polar surface area (TPSA) is 191 Å². The molecule has 2 amide bonds. The first-order valence-corrected chi connectivity index (χ1v) is 9.36. The summed E-state index contributed by atoms with van der Waals surface area (Å²) in [7, 11) is -4.93. The molecule has 1 aliphatic heterocycles. The number of anilines is 1. The van der Waals surface area contributed by atoms with E-state index >= 15 is 0 Å². The van der Waals surface area contributed by atoms with E-state index in [0.717, 1.165) is 18.3 Å². The fraction of sp³-hybridized carbons (Fsp3) is 0.417. The number of amides is 2. The number of carbonyl (C=O) groups is 3. The van der Waals surface area contributed by atoms with E-state index in [-0.39, 0.29) is 10.8 Å². The molecular formula is C12H15N5O8S2. The minimum absolute atomic E-state index is 0.00636. The Bertz CT molecular complexity index is 922. The molecule has 1 aliphatic rings. The number of nitrogens with one attached hydrogen (secondary N) is 1. The minimum Gasteiger partial charge on any atom is -0.375 e. The van der Waals surface area contributed by atoms with Gasteiger partial charge in [-0.1, -0.05) is 5.16 Å². The molecule has 0 spiro atoms. The lowest BCUT2D eigenvalue weighted by Crippen LogP contribution is -2.76. The third kappa shape index (κ3) is 4.57. The summed E-state index contributed by atoms with van der Waals surface area (Å²) in [5.41, 5.74) is 3.77. The first-order valence-electron chi connectivity index (χ1n) is 7.12. The Hall–Kier alpha value is -2.62. The average Bonchev–Trinajstić information content (AvgIpc) is 2.95. The Morgan fingerprint density at radius 2 is 2.11 bits per heavy atom. The highest BCUT2D eigenvalue weighted by atomic mass is 32.3. The predicted octanol–water partition coefficient (Wildman–Crippen LogP) is -1.17. The van der Waals surface area contributed by atoms with E-state index in [0.29, 0.717) is 5.06 Å². The molecule has 148 valence electrons. The molecular weight excluding hydrogens is 406 g/mol. The van der Waals surface area contributed by atoms with E-state index in [1.54, 1.807) is 0 Å². The summed E-state index contributed by atoms with van der Waals surface area (Å²) >= 11 is 1.01. The Morgan fingerprint density at radius 1 is 1.48 bits per heavy atom. The van der Waals surface area contributed by atoms with Gasteiger partial charge in [0, 0.05) is 12.3 Å². The summed E-state index contributed by atoms with van der Waals surface area (Å²) in [4.78, 5) is 43.9. The van der Waals surface area contributed by atoms with Crippen LogP contribution in [0.2, 0.25) is 0 Å². The van der Waals surface area contributed by atoms with Gasteiger partial charge in [0.15, 0.2) is 10.8 Å². The van der Waals surface area contributed by atoms with E-state index in [1.807, 2.05) is 0 Å². The van der Waals surface area contributed by atoms with Gasteiger partial charge in [0.25, 0.3) is 11.8 Å². The molecule has 0 aromatic carbocycles. The first-order chi connectivity index (χ1) is 12.3. The van der Waals surface area contributed by atoms with Gasteiger partial charge in [0.05, 0.1) is 5.54 Å². The minimum atomic E-state index is -4.93. The van der Waals surface area contributed by atoms with Crippen molar-refractivity contribution in [2.45, 2.75) is 32.4 Å². The number of thiazole rings is 1. The summed E-state index contributed by atoms with van der Waals surface area (Å²) in [5.74, 6) is -2.66. The van der Waals surface area contributed by atoms with E-state index in [1.165, 1.54) is 19.2 Å². The zero-order valence-corrected chi connectivity index (χ0v) is 15.8. The average molecular weight is 421 g/mol. The van der Waals surface area contributed by atoms with Crippen LogP contribution >= 0.6 is 11.3 Å². The predicted molar refractivity (Wildman–Crippen MR) is 90.3 cm³/mol. The standard InChI is InChI=1S/C12H15N5O8S2/c1-5(18)24-16-7(6-4-26-11(13)14-6)9(19)15-8-10(20)17(12(8,2)3)25-27(21,22)23/h4,8H,1-3H3,(H2,13,14)(H,15,19)(H,21,22,23)/b16-7-. The molecule has 2 heterocycles. The van der Waals surface area contributed by atoms with E-state index in [4.69, 9.17) is 10.3 Å². The molecule has 0 radical (unpaired) electrons. The number of rotatable bonds is 6. The third-order valence-electron chi connectivity index (χ3n) is 3.37. The van der Waals surface area contributed by atoms with Crippen molar-refractivity contribution in [3.8, 4) is 0 Å². The normalized spacial score (nSPS) is 19.4. The Labute approximate surface area is 157 Å². The van der Waals surface area contributed by atoms with Crippen LogP contribution in [-0.2, 0) is 33.9 Å². The fourth-order valence-electron chi connectivity index (χ4n) is 2.13. The van der Waals surface area contributed by atoms with Crippen molar-refractivity contribution in [3.63, 3.8) is 0 Å². The van der Waals surface area contributed by atoms with Gasteiger partial charge in [0.2, 0.25) is 0 Å². The second kappa shape index (κ2) is 7.18. The summed E-state index contributed by atoms with van der Waals surface area (Å²) in [6.45, 7) is 3.83. The molecule has 27 heavy (non-hydrogen) atoms. The Morgan fingerprint density at radius 3 is 2.56 bits per heavy atom. The number of nitrogens with two attached hydrogens (primary N) is 1. The van der Waals surface area contributed by atoms with Crippen LogP contribution in [0.15, 0.2) is 10.5 Å². The molecule has 1 unspecified atom stereocenters. The van der Waals surface area contributed by atoms with Crippen LogP contribution in [0, 0.1) is 0 Å². The van der Waals surface area contributed by atoms with Gasteiger partial charge in [-0.25, -0.2) is 9.78 Å². The van der Waals surface area contributed by atoms with Crippen LogP contribution in [0.3, 0.4) is 0 Å². The SMILES string of the molecule is CC(=O)O/N=C(\C(=O)NC1C(=O)N(OS(=O)(=O)O)C1(C)C)c1csc(N)n1. The monoisotopic (exact) mass is 421 g/mol. The largest absolute Gasteiger partial charge is 0.418 e. The smallest absolute Gasteiger partial charge is 0.375 e. The van der Waals surface area contributed by atoms with Crippen molar-refractivity contribution >= 4 is 50.4 Å². The number of oxime groups is 1. The van der Waals surface area contributed by atoms with Gasteiger partial charge >= 0.3 is 16.4 Å².